The lowest BCUT2D eigenvalue weighted by Crippen LogP contribution is -2.30. The maximum Gasteiger partial charge on any atom is 0.137 e. The molecule has 0 amide bonds. The summed E-state index contributed by atoms with van der Waals surface area (Å²) in [6.45, 7) is 7.68. The van der Waals surface area contributed by atoms with Crippen LogP contribution in [0.25, 0.3) is 0 Å². The first-order valence-electron chi connectivity index (χ1n) is 5.86. The summed E-state index contributed by atoms with van der Waals surface area (Å²) in [5.74, 6) is 2.37. The number of hydrogen-bond acceptors (Lipinski definition) is 3. The Morgan fingerprint density at radius 1 is 1.60 bits per heavy atom. The van der Waals surface area contributed by atoms with Crippen LogP contribution in [0.1, 0.15) is 38.4 Å². The largest absolute Gasteiger partial charge is 0.317 e. The predicted octanol–water partition coefficient (Wildman–Crippen LogP) is 1.40. The number of nitrogens with one attached hydrogen (secondary N) is 1. The maximum atomic E-state index is 4.27. The third kappa shape index (κ3) is 2.56. The van der Waals surface area contributed by atoms with E-state index in [1.54, 1.807) is 0 Å². The Balaban J connectivity index is 2.09. The zero-order valence-electron chi connectivity index (χ0n) is 9.61. The lowest BCUT2D eigenvalue weighted by atomic mass is 9.99. The SMILES string of the molecule is CC(C)Cn1cnnc1[C@@H]1CCCNC1. The quantitative estimate of drug-likeness (QED) is 0.816. The van der Waals surface area contributed by atoms with Crippen molar-refractivity contribution in [2.45, 2.75) is 39.2 Å². The van der Waals surface area contributed by atoms with Crippen LogP contribution in [0.15, 0.2) is 6.33 Å². The number of hydrogen-bond donors (Lipinski definition) is 1. The second-order valence-electron chi connectivity index (χ2n) is 4.78. The fourth-order valence-corrected chi connectivity index (χ4v) is 2.19. The first kappa shape index (κ1) is 10.6. The molecule has 2 rings (SSSR count). The highest BCUT2D eigenvalue weighted by Crippen LogP contribution is 2.21. The maximum absolute atomic E-state index is 4.27. The summed E-state index contributed by atoms with van der Waals surface area (Å²) < 4.78 is 2.21. The Kier molecular flexibility index (Phi) is 3.36. The molecule has 1 aliphatic rings. The first-order chi connectivity index (χ1) is 7.27. The Morgan fingerprint density at radius 3 is 3.13 bits per heavy atom. The van der Waals surface area contributed by atoms with Gasteiger partial charge in [-0.3, -0.25) is 0 Å². The second kappa shape index (κ2) is 4.75. The number of aromatic nitrogens is 3. The third-order valence-electron chi connectivity index (χ3n) is 2.87. The number of piperidine rings is 1. The van der Waals surface area contributed by atoms with Gasteiger partial charge in [0, 0.05) is 19.0 Å². The van der Waals surface area contributed by atoms with Crippen LogP contribution in [0.4, 0.5) is 0 Å². The predicted molar refractivity (Wildman–Crippen MR) is 59.7 cm³/mol. The van der Waals surface area contributed by atoms with Crippen molar-refractivity contribution >= 4 is 0 Å². The minimum Gasteiger partial charge on any atom is -0.317 e. The molecule has 1 N–H and O–H groups in total. The molecule has 1 aliphatic heterocycles. The van der Waals surface area contributed by atoms with Crippen LogP contribution in [0.2, 0.25) is 0 Å². The summed E-state index contributed by atoms with van der Waals surface area (Å²) in [5.41, 5.74) is 0. The lowest BCUT2D eigenvalue weighted by Gasteiger charge is -2.22. The zero-order valence-corrected chi connectivity index (χ0v) is 9.61. The van der Waals surface area contributed by atoms with E-state index in [1.165, 1.54) is 12.8 Å². The fourth-order valence-electron chi connectivity index (χ4n) is 2.19. The molecule has 1 fully saturated rings. The van der Waals surface area contributed by atoms with E-state index in [2.05, 4.69) is 33.9 Å². The van der Waals surface area contributed by atoms with Crippen LogP contribution in [0.5, 0.6) is 0 Å². The van der Waals surface area contributed by atoms with Gasteiger partial charge in [-0.15, -0.1) is 10.2 Å². The Bertz CT molecular complexity index is 299. The van der Waals surface area contributed by atoms with Crippen molar-refractivity contribution in [1.82, 2.24) is 20.1 Å². The minimum absolute atomic E-state index is 0.556. The lowest BCUT2D eigenvalue weighted by molar-refractivity contribution is 0.417. The monoisotopic (exact) mass is 208 g/mol. The summed E-state index contributed by atoms with van der Waals surface area (Å²) in [7, 11) is 0. The van der Waals surface area contributed by atoms with Gasteiger partial charge in [-0.1, -0.05) is 13.8 Å². The van der Waals surface area contributed by atoms with Gasteiger partial charge in [-0.25, -0.2) is 0 Å². The highest BCUT2D eigenvalue weighted by molar-refractivity contribution is 4.99. The summed E-state index contributed by atoms with van der Waals surface area (Å²) in [4.78, 5) is 0. The van der Waals surface area contributed by atoms with Crippen molar-refractivity contribution in [2.75, 3.05) is 13.1 Å². The molecular weight excluding hydrogens is 188 g/mol. The highest BCUT2D eigenvalue weighted by Gasteiger charge is 2.20. The van der Waals surface area contributed by atoms with Crippen LogP contribution >= 0.6 is 0 Å². The van der Waals surface area contributed by atoms with Gasteiger partial charge in [-0.2, -0.15) is 0 Å². The first-order valence-corrected chi connectivity index (χ1v) is 5.86. The van der Waals surface area contributed by atoms with E-state index in [1.807, 2.05) is 6.33 Å². The van der Waals surface area contributed by atoms with Gasteiger partial charge in [0.1, 0.15) is 12.2 Å². The van der Waals surface area contributed by atoms with Crippen LogP contribution in [0, 0.1) is 5.92 Å². The van der Waals surface area contributed by atoms with Crippen molar-refractivity contribution < 1.29 is 0 Å². The third-order valence-corrected chi connectivity index (χ3v) is 2.87. The van der Waals surface area contributed by atoms with Gasteiger partial charge in [-0.05, 0) is 25.3 Å². The Morgan fingerprint density at radius 2 is 2.47 bits per heavy atom. The highest BCUT2D eigenvalue weighted by atomic mass is 15.3. The second-order valence-corrected chi connectivity index (χ2v) is 4.78. The number of nitrogens with zero attached hydrogens (tertiary/aromatic N) is 3. The normalized spacial score (nSPS) is 22.2. The minimum atomic E-state index is 0.556. The molecule has 15 heavy (non-hydrogen) atoms. The van der Waals surface area contributed by atoms with Crippen LogP contribution < -0.4 is 5.32 Å². The van der Waals surface area contributed by atoms with E-state index in [-0.39, 0.29) is 0 Å². The molecule has 0 radical (unpaired) electrons. The molecule has 0 aliphatic carbocycles. The molecule has 0 aromatic carbocycles. The van der Waals surface area contributed by atoms with E-state index in [9.17, 15) is 0 Å². The Hall–Kier alpha value is -0.900. The summed E-state index contributed by atoms with van der Waals surface area (Å²) >= 11 is 0. The van der Waals surface area contributed by atoms with Gasteiger partial charge in [0.25, 0.3) is 0 Å². The molecule has 4 heteroatoms. The molecule has 84 valence electrons. The standard InChI is InChI=1S/C11H20N4/c1-9(2)7-15-8-13-14-11(15)10-4-3-5-12-6-10/h8-10,12H,3-7H2,1-2H3/t10-/m1/s1. The van der Waals surface area contributed by atoms with Crippen molar-refractivity contribution in [3.8, 4) is 0 Å². The van der Waals surface area contributed by atoms with Gasteiger partial charge in [0.15, 0.2) is 0 Å². The molecule has 1 aromatic rings. The molecule has 0 bridgehead atoms. The van der Waals surface area contributed by atoms with E-state index in [0.717, 1.165) is 25.5 Å². The van der Waals surface area contributed by atoms with Crippen molar-refractivity contribution in [3.63, 3.8) is 0 Å². The van der Waals surface area contributed by atoms with Gasteiger partial charge in [0.05, 0.1) is 0 Å². The molecule has 1 atom stereocenters. The van der Waals surface area contributed by atoms with Crippen LogP contribution in [-0.4, -0.2) is 27.9 Å². The van der Waals surface area contributed by atoms with Crippen LogP contribution in [0.3, 0.4) is 0 Å². The molecule has 4 nitrogen and oxygen atoms in total. The molecule has 0 saturated carbocycles. The zero-order chi connectivity index (χ0) is 10.7. The molecule has 0 unspecified atom stereocenters. The molecule has 2 heterocycles. The number of rotatable bonds is 3. The summed E-state index contributed by atoms with van der Waals surface area (Å²) in [6, 6.07) is 0. The fraction of sp³-hybridized carbons (Fsp3) is 0.818. The topological polar surface area (TPSA) is 42.7 Å². The van der Waals surface area contributed by atoms with Gasteiger partial charge < -0.3 is 9.88 Å². The van der Waals surface area contributed by atoms with E-state index < -0.39 is 0 Å². The van der Waals surface area contributed by atoms with Crippen molar-refractivity contribution in [2.24, 2.45) is 5.92 Å². The van der Waals surface area contributed by atoms with Crippen molar-refractivity contribution in [3.05, 3.63) is 12.2 Å². The van der Waals surface area contributed by atoms with Crippen molar-refractivity contribution in [1.29, 1.82) is 0 Å². The summed E-state index contributed by atoms with van der Waals surface area (Å²) in [5, 5.41) is 11.7. The summed E-state index contributed by atoms with van der Waals surface area (Å²) in [6.07, 6.45) is 4.35. The average molecular weight is 208 g/mol. The van der Waals surface area contributed by atoms with E-state index >= 15 is 0 Å². The molecular formula is C11H20N4. The molecule has 1 aromatic heterocycles. The molecule has 0 spiro atoms. The average Bonchev–Trinajstić information content (AvgIpc) is 2.66. The van der Waals surface area contributed by atoms with E-state index in [0.29, 0.717) is 11.8 Å². The van der Waals surface area contributed by atoms with Crippen LogP contribution in [-0.2, 0) is 6.54 Å². The Labute approximate surface area is 91.1 Å². The smallest absolute Gasteiger partial charge is 0.137 e. The molecule has 1 saturated heterocycles. The van der Waals surface area contributed by atoms with E-state index in [4.69, 9.17) is 0 Å². The van der Waals surface area contributed by atoms with Gasteiger partial charge >= 0.3 is 0 Å². The van der Waals surface area contributed by atoms with Gasteiger partial charge in [0.2, 0.25) is 0 Å².